The Bertz CT molecular complexity index is 825. The highest BCUT2D eigenvalue weighted by Crippen LogP contribution is 2.36. The minimum atomic E-state index is -0.409. The topological polar surface area (TPSA) is 45.7 Å². The van der Waals surface area contributed by atoms with Gasteiger partial charge in [-0.25, -0.2) is 4.79 Å². The average Bonchev–Trinajstić information content (AvgIpc) is 2.80. The van der Waals surface area contributed by atoms with Crippen LogP contribution in [0.3, 0.4) is 0 Å². The van der Waals surface area contributed by atoms with Crippen LogP contribution in [0.15, 0.2) is 24.4 Å². The zero-order valence-corrected chi connectivity index (χ0v) is 14.6. The Morgan fingerprint density at radius 3 is 2.92 bits per heavy atom. The molecule has 1 spiro atoms. The predicted octanol–water partition coefficient (Wildman–Crippen LogP) is 3.62. The third-order valence-corrected chi connectivity index (χ3v) is 5.22. The molecular formula is C18H20ClN3O2. The van der Waals surface area contributed by atoms with Gasteiger partial charge in [0.05, 0.1) is 18.6 Å². The molecule has 0 N–H and O–H groups in total. The number of likely N-dealkylation sites (N-methyl/N-ethyl adjacent to an activating group) is 1. The van der Waals surface area contributed by atoms with Crippen LogP contribution < -0.4 is 4.90 Å². The van der Waals surface area contributed by atoms with Crippen LogP contribution in [0.4, 0.5) is 10.5 Å². The number of carbonyl (C=O) groups is 1. The van der Waals surface area contributed by atoms with E-state index in [2.05, 4.69) is 9.88 Å². The Balaban J connectivity index is 1.74. The number of aromatic nitrogens is 1. The number of hydrogen-bond donors (Lipinski definition) is 0. The summed E-state index contributed by atoms with van der Waals surface area (Å²) in [6.07, 6.45) is 3.51. The first-order valence-corrected chi connectivity index (χ1v) is 8.59. The van der Waals surface area contributed by atoms with E-state index in [9.17, 15) is 4.79 Å². The van der Waals surface area contributed by atoms with Crippen LogP contribution in [0.25, 0.3) is 10.9 Å². The lowest BCUT2D eigenvalue weighted by molar-refractivity contribution is 0.0448. The number of piperidine rings is 1. The van der Waals surface area contributed by atoms with E-state index in [4.69, 9.17) is 16.3 Å². The van der Waals surface area contributed by atoms with Gasteiger partial charge in [-0.3, -0.25) is 4.98 Å². The van der Waals surface area contributed by atoms with E-state index < -0.39 is 5.60 Å². The van der Waals surface area contributed by atoms with Crippen LogP contribution in [-0.2, 0) is 4.74 Å². The molecular weight excluding hydrogens is 326 g/mol. The highest BCUT2D eigenvalue weighted by Gasteiger charge is 2.46. The smallest absolute Gasteiger partial charge is 0.410 e. The Morgan fingerprint density at radius 1 is 1.33 bits per heavy atom. The van der Waals surface area contributed by atoms with Crippen LogP contribution in [0.5, 0.6) is 0 Å². The average molecular weight is 346 g/mol. The van der Waals surface area contributed by atoms with Gasteiger partial charge in [0.1, 0.15) is 5.60 Å². The van der Waals surface area contributed by atoms with Gasteiger partial charge in [-0.1, -0.05) is 11.6 Å². The number of anilines is 1. The van der Waals surface area contributed by atoms with Gasteiger partial charge in [0, 0.05) is 35.9 Å². The standard InChI is InChI=1S/C18H20ClN3O2/c1-12-8-13(19)9-14-15(4-6-20-16(12)14)22-7-3-5-18(11-22)10-21(2)17(23)24-18/h4,6,8-9H,3,5,7,10-11H2,1-2H3. The summed E-state index contributed by atoms with van der Waals surface area (Å²) in [7, 11) is 1.79. The zero-order chi connectivity index (χ0) is 16.9. The number of aryl methyl sites for hydroxylation is 1. The molecule has 2 aromatic rings. The van der Waals surface area contributed by atoms with Crippen molar-refractivity contribution >= 4 is 34.3 Å². The molecule has 4 rings (SSSR count). The maximum atomic E-state index is 11.9. The van der Waals surface area contributed by atoms with E-state index in [0.717, 1.165) is 41.5 Å². The quantitative estimate of drug-likeness (QED) is 0.792. The molecule has 2 aliphatic heterocycles. The summed E-state index contributed by atoms with van der Waals surface area (Å²) in [5, 5.41) is 1.77. The molecule has 1 amide bonds. The van der Waals surface area contributed by atoms with Crippen molar-refractivity contribution in [3.05, 3.63) is 35.0 Å². The number of fused-ring (bicyclic) bond motifs is 1. The number of ether oxygens (including phenoxy) is 1. The van der Waals surface area contributed by atoms with Gasteiger partial charge in [-0.15, -0.1) is 0 Å². The number of halogens is 1. The second-order valence-corrected chi connectivity index (χ2v) is 7.32. The van der Waals surface area contributed by atoms with Gasteiger partial charge < -0.3 is 14.5 Å². The molecule has 6 heteroatoms. The van der Waals surface area contributed by atoms with Crippen molar-refractivity contribution in [2.45, 2.75) is 25.4 Å². The van der Waals surface area contributed by atoms with E-state index in [-0.39, 0.29) is 6.09 Å². The Hall–Kier alpha value is -2.01. The minimum absolute atomic E-state index is 0.227. The predicted molar refractivity (Wildman–Crippen MR) is 94.8 cm³/mol. The second-order valence-electron chi connectivity index (χ2n) is 6.88. The lowest BCUT2D eigenvalue weighted by Crippen LogP contribution is -2.50. The van der Waals surface area contributed by atoms with Crippen molar-refractivity contribution in [2.24, 2.45) is 0 Å². The van der Waals surface area contributed by atoms with E-state index in [1.807, 2.05) is 31.3 Å². The number of pyridine rings is 1. The Kier molecular flexibility index (Phi) is 3.57. The summed E-state index contributed by atoms with van der Waals surface area (Å²) in [5.41, 5.74) is 2.73. The molecule has 24 heavy (non-hydrogen) atoms. The molecule has 1 aromatic heterocycles. The van der Waals surface area contributed by atoms with Gasteiger partial charge in [0.2, 0.25) is 0 Å². The lowest BCUT2D eigenvalue weighted by Gasteiger charge is -2.40. The summed E-state index contributed by atoms with van der Waals surface area (Å²) in [6, 6.07) is 5.93. The molecule has 5 nitrogen and oxygen atoms in total. The number of nitrogens with zero attached hydrogens (tertiary/aromatic N) is 3. The van der Waals surface area contributed by atoms with Crippen molar-refractivity contribution < 1.29 is 9.53 Å². The normalized spacial score (nSPS) is 24.0. The largest absolute Gasteiger partial charge is 0.439 e. The van der Waals surface area contributed by atoms with Gasteiger partial charge >= 0.3 is 6.09 Å². The maximum Gasteiger partial charge on any atom is 0.410 e. The summed E-state index contributed by atoms with van der Waals surface area (Å²) >= 11 is 6.27. The van der Waals surface area contributed by atoms with Crippen molar-refractivity contribution in [1.82, 2.24) is 9.88 Å². The van der Waals surface area contributed by atoms with E-state index >= 15 is 0 Å². The third kappa shape index (κ3) is 2.47. The maximum absolute atomic E-state index is 11.9. The minimum Gasteiger partial charge on any atom is -0.439 e. The van der Waals surface area contributed by atoms with Crippen LogP contribution in [0.1, 0.15) is 18.4 Å². The molecule has 0 aliphatic carbocycles. The molecule has 126 valence electrons. The molecule has 1 unspecified atom stereocenters. The molecule has 2 saturated heterocycles. The fourth-order valence-corrected chi connectivity index (χ4v) is 4.23. The number of amides is 1. The second kappa shape index (κ2) is 5.52. The SMILES string of the molecule is Cc1cc(Cl)cc2c(N3CCCC4(CN(C)C(=O)O4)C3)ccnc12. The van der Waals surface area contributed by atoms with Crippen molar-refractivity contribution in [3.8, 4) is 0 Å². The summed E-state index contributed by atoms with van der Waals surface area (Å²) in [4.78, 5) is 20.3. The molecule has 0 radical (unpaired) electrons. The van der Waals surface area contributed by atoms with Gasteiger partial charge in [-0.2, -0.15) is 0 Å². The summed E-state index contributed by atoms with van der Waals surface area (Å²) in [6.45, 7) is 4.31. The van der Waals surface area contributed by atoms with Crippen molar-refractivity contribution in [3.63, 3.8) is 0 Å². The Morgan fingerprint density at radius 2 is 2.17 bits per heavy atom. The first-order valence-electron chi connectivity index (χ1n) is 8.21. The van der Waals surface area contributed by atoms with Crippen LogP contribution >= 0.6 is 11.6 Å². The molecule has 1 aromatic carbocycles. The molecule has 2 fully saturated rings. The summed E-state index contributed by atoms with van der Waals surface area (Å²) < 4.78 is 5.72. The van der Waals surface area contributed by atoms with E-state index in [1.54, 1.807) is 11.9 Å². The van der Waals surface area contributed by atoms with E-state index in [1.165, 1.54) is 0 Å². The molecule has 0 bridgehead atoms. The number of benzene rings is 1. The first kappa shape index (κ1) is 15.5. The van der Waals surface area contributed by atoms with E-state index in [0.29, 0.717) is 18.1 Å². The zero-order valence-electron chi connectivity index (χ0n) is 13.9. The fraction of sp³-hybridized carbons (Fsp3) is 0.444. The highest BCUT2D eigenvalue weighted by molar-refractivity contribution is 6.31. The van der Waals surface area contributed by atoms with Gasteiger partial charge in [0.15, 0.2) is 0 Å². The lowest BCUT2D eigenvalue weighted by atomic mass is 9.92. The fourth-order valence-electron chi connectivity index (χ4n) is 3.96. The number of hydrogen-bond acceptors (Lipinski definition) is 4. The van der Waals surface area contributed by atoms with Crippen molar-refractivity contribution in [2.75, 3.05) is 31.6 Å². The number of carbonyl (C=O) groups excluding carboxylic acids is 1. The van der Waals surface area contributed by atoms with Crippen LogP contribution in [0, 0.1) is 6.92 Å². The molecule has 3 heterocycles. The first-order chi connectivity index (χ1) is 11.5. The monoisotopic (exact) mass is 345 g/mol. The number of rotatable bonds is 1. The molecule has 0 saturated carbocycles. The van der Waals surface area contributed by atoms with Crippen molar-refractivity contribution in [1.29, 1.82) is 0 Å². The van der Waals surface area contributed by atoms with Crippen LogP contribution in [0.2, 0.25) is 5.02 Å². The third-order valence-electron chi connectivity index (χ3n) is 5.00. The molecule has 1 atom stereocenters. The van der Waals surface area contributed by atoms with Gasteiger partial charge in [-0.05, 0) is 43.5 Å². The van der Waals surface area contributed by atoms with Gasteiger partial charge in [0.25, 0.3) is 0 Å². The summed E-state index contributed by atoms with van der Waals surface area (Å²) in [5.74, 6) is 0. The Labute approximate surface area is 146 Å². The highest BCUT2D eigenvalue weighted by atomic mass is 35.5. The molecule has 2 aliphatic rings. The van der Waals surface area contributed by atoms with Crippen LogP contribution in [-0.4, -0.2) is 48.3 Å².